The summed E-state index contributed by atoms with van der Waals surface area (Å²) in [5.41, 5.74) is 2.08. The predicted molar refractivity (Wildman–Crippen MR) is 80.3 cm³/mol. The Morgan fingerprint density at radius 1 is 1.33 bits per heavy atom. The van der Waals surface area contributed by atoms with Crippen LogP contribution in [0.25, 0.3) is 10.9 Å². The van der Waals surface area contributed by atoms with Crippen molar-refractivity contribution in [3.8, 4) is 0 Å². The molecule has 0 saturated carbocycles. The van der Waals surface area contributed by atoms with Crippen LogP contribution < -0.4 is 0 Å². The van der Waals surface area contributed by atoms with Crippen LogP contribution in [0.2, 0.25) is 0 Å². The van der Waals surface area contributed by atoms with Gasteiger partial charge in [-0.2, -0.15) is 0 Å². The summed E-state index contributed by atoms with van der Waals surface area (Å²) in [7, 11) is 0. The summed E-state index contributed by atoms with van der Waals surface area (Å²) in [6.45, 7) is 4.84. The standard InChI is InChI=1S/C15H16N4O2/c1-11(2)18-10-16-8-12(18)9-17-7-6-13-14(17)4-3-5-15(13)19(20)21/h3-8,10-11H,9H2,1-2H3. The van der Waals surface area contributed by atoms with Gasteiger partial charge in [0.1, 0.15) is 0 Å². The fourth-order valence-electron chi connectivity index (χ4n) is 2.60. The lowest BCUT2D eigenvalue weighted by molar-refractivity contribution is -0.383. The molecule has 0 unspecified atom stereocenters. The van der Waals surface area contributed by atoms with Crippen molar-refractivity contribution in [3.63, 3.8) is 0 Å². The Labute approximate surface area is 121 Å². The normalized spacial score (nSPS) is 11.4. The van der Waals surface area contributed by atoms with E-state index in [4.69, 9.17) is 0 Å². The van der Waals surface area contributed by atoms with E-state index < -0.39 is 0 Å². The second kappa shape index (κ2) is 5.05. The average Bonchev–Trinajstić information content (AvgIpc) is 3.06. The maximum atomic E-state index is 11.1. The van der Waals surface area contributed by atoms with Crippen molar-refractivity contribution in [1.82, 2.24) is 14.1 Å². The highest BCUT2D eigenvalue weighted by atomic mass is 16.6. The molecular weight excluding hydrogens is 268 g/mol. The fraction of sp³-hybridized carbons (Fsp3) is 0.267. The monoisotopic (exact) mass is 284 g/mol. The molecule has 6 heteroatoms. The van der Waals surface area contributed by atoms with Crippen LogP contribution in [0, 0.1) is 10.1 Å². The highest BCUT2D eigenvalue weighted by Gasteiger charge is 2.14. The minimum Gasteiger partial charge on any atom is -0.341 e. The highest BCUT2D eigenvalue weighted by Crippen LogP contribution is 2.27. The van der Waals surface area contributed by atoms with Gasteiger partial charge in [0.05, 0.1) is 34.4 Å². The number of imidazole rings is 1. The van der Waals surface area contributed by atoms with Crippen LogP contribution in [-0.2, 0) is 6.54 Å². The van der Waals surface area contributed by atoms with E-state index in [0.29, 0.717) is 18.0 Å². The van der Waals surface area contributed by atoms with E-state index in [9.17, 15) is 10.1 Å². The van der Waals surface area contributed by atoms with Crippen LogP contribution in [0.15, 0.2) is 43.0 Å². The molecule has 3 aromatic rings. The fourth-order valence-corrected chi connectivity index (χ4v) is 2.60. The molecule has 0 aliphatic heterocycles. The van der Waals surface area contributed by atoms with E-state index in [-0.39, 0.29) is 10.6 Å². The summed E-state index contributed by atoms with van der Waals surface area (Å²) in [4.78, 5) is 14.9. The Kier molecular flexibility index (Phi) is 3.21. The number of nitro benzene ring substituents is 1. The largest absolute Gasteiger partial charge is 0.341 e. The third kappa shape index (κ3) is 2.29. The van der Waals surface area contributed by atoms with Crippen LogP contribution in [0.1, 0.15) is 25.6 Å². The quantitative estimate of drug-likeness (QED) is 0.545. The molecule has 0 N–H and O–H groups in total. The summed E-state index contributed by atoms with van der Waals surface area (Å²) >= 11 is 0. The smallest absolute Gasteiger partial charge is 0.278 e. The third-order valence-electron chi connectivity index (χ3n) is 3.62. The molecule has 0 fully saturated rings. The molecule has 2 aromatic heterocycles. The number of nitro groups is 1. The summed E-state index contributed by atoms with van der Waals surface area (Å²) in [5.74, 6) is 0. The Hall–Kier alpha value is -2.63. The number of aromatic nitrogens is 3. The van der Waals surface area contributed by atoms with Gasteiger partial charge in [0.25, 0.3) is 5.69 Å². The molecule has 0 aliphatic carbocycles. The van der Waals surface area contributed by atoms with Gasteiger partial charge in [-0.05, 0) is 26.0 Å². The molecule has 108 valence electrons. The minimum atomic E-state index is -0.342. The van der Waals surface area contributed by atoms with Gasteiger partial charge >= 0.3 is 0 Å². The molecule has 0 atom stereocenters. The zero-order chi connectivity index (χ0) is 15.0. The van der Waals surface area contributed by atoms with E-state index in [1.807, 2.05) is 29.4 Å². The minimum absolute atomic E-state index is 0.142. The summed E-state index contributed by atoms with van der Waals surface area (Å²) < 4.78 is 4.11. The van der Waals surface area contributed by atoms with Gasteiger partial charge in [-0.3, -0.25) is 10.1 Å². The first-order valence-electron chi connectivity index (χ1n) is 6.81. The van der Waals surface area contributed by atoms with Crippen LogP contribution in [-0.4, -0.2) is 19.0 Å². The van der Waals surface area contributed by atoms with Crippen molar-refractivity contribution in [1.29, 1.82) is 0 Å². The zero-order valence-corrected chi connectivity index (χ0v) is 11.9. The Morgan fingerprint density at radius 2 is 2.14 bits per heavy atom. The average molecular weight is 284 g/mol. The Balaban J connectivity index is 2.04. The Bertz CT molecular complexity index is 801. The van der Waals surface area contributed by atoms with Crippen LogP contribution in [0.3, 0.4) is 0 Å². The number of non-ortho nitro benzene ring substituents is 1. The molecule has 0 saturated heterocycles. The van der Waals surface area contributed by atoms with E-state index in [1.165, 1.54) is 6.07 Å². The summed E-state index contributed by atoms with van der Waals surface area (Å²) in [6, 6.07) is 7.28. The SMILES string of the molecule is CC(C)n1cncc1Cn1ccc2c([N+](=O)[O-])cccc21. The van der Waals surface area contributed by atoms with E-state index in [2.05, 4.69) is 23.4 Å². The molecule has 3 rings (SSSR count). The first-order valence-corrected chi connectivity index (χ1v) is 6.81. The van der Waals surface area contributed by atoms with Crippen molar-refractivity contribution in [2.24, 2.45) is 0 Å². The van der Waals surface area contributed by atoms with Crippen LogP contribution in [0.4, 0.5) is 5.69 Å². The second-order valence-corrected chi connectivity index (χ2v) is 5.30. The molecule has 0 aliphatic rings. The first-order chi connectivity index (χ1) is 10.1. The van der Waals surface area contributed by atoms with Gasteiger partial charge in [0.2, 0.25) is 0 Å². The second-order valence-electron chi connectivity index (χ2n) is 5.30. The highest BCUT2D eigenvalue weighted by molar-refractivity contribution is 5.89. The topological polar surface area (TPSA) is 65.9 Å². The summed E-state index contributed by atoms with van der Waals surface area (Å²) in [5, 5.41) is 11.7. The summed E-state index contributed by atoms with van der Waals surface area (Å²) in [6.07, 6.45) is 5.53. The maximum Gasteiger partial charge on any atom is 0.278 e. The molecule has 0 bridgehead atoms. The van der Waals surface area contributed by atoms with Crippen LogP contribution >= 0.6 is 0 Å². The van der Waals surface area contributed by atoms with Gasteiger partial charge in [0, 0.05) is 24.5 Å². The third-order valence-corrected chi connectivity index (χ3v) is 3.62. The molecular formula is C15H16N4O2. The van der Waals surface area contributed by atoms with Crippen molar-refractivity contribution in [3.05, 3.63) is 58.8 Å². The first kappa shape index (κ1) is 13.4. The van der Waals surface area contributed by atoms with Crippen molar-refractivity contribution < 1.29 is 4.92 Å². The molecule has 21 heavy (non-hydrogen) atoms. The lowest BCUT2D eigenvalue weighted by atomic mass is 10.2. The molecule has 0 spiro atoms. The van der Waals surface area contributed by atoms with Crippen molar-refractivity contribution >= 4 is 16.6 Å². The van der Waals surface area contributed by atoms with Gasteiger partial charge in [-0.15, -0.1) is 0 Å². The lowest BCUT2D eigenvalue weighted by Gasteiger charge is -2.12. The maximum absolute atomic E-state index is 11.1. The number of rotatable bonds is 4. The molecule has 6 nitrogen and oxygen atoms in total. The Morgan fingerprint density at radius 3 is 2.86 bits per heavy atom. The predicted octanol–water partition coefficient (Wildman–Crippen LogP) is 3.38. The number of fused-ring (bicyclic) bond motifs is 1. The van der Waals surface area contributed by atoms with Crippen molar-refractivity contribution in [2.45, 2.75) is 26.4 Å². The molecule has 1 aromatic carbocycles. The van der Waals surface area contributed by atoms with E-state index in [1.54, 1.807) is 12.1 Å². The number of nitrogens with zero attached hydrogens (tertiary/aromatic N) is 4. The van der Waals surface area contributed by atoms with Gasteiger partial charge in [0.15, 0.2) is 0 Å². The lowest BCUT2D eigenvalue weighted by Crippen LogP contribution is -2.08. The number of hydrogen-bond acceptors (Lipinski definition) is 3. The van der Waals surface area contributed by atoms with E-state index >= 15 is 0 Å². The number of benzene rings is 1. The van der Waals surface area contributed by atoms with Gasteiger partial charge < -0.3 is 9.13 Å². The zero-order valence-electron chi connectivity index (χ0n) is 11.9. The molecule has 2 heterocycles. The van der Waals surface area contributed by atoms with Crippen molar-refractivity contribution in [2.75, 3.05) is 0 Å². The van der Waals surface area contributed by atoms with Gasteiger partial charge in [-0.25, -0.2) is 4.98 Å². The van der Waals surface area contributed by atoms with E-state index in [0.717, 1.165) is 11.2 Å². The molecule has 0 amide bonds. The molecule has 0 radical (unpaired) electrons. The van der Waals surface area contributed by atoms with Crippen LogP contribution in [0.5, 0.6) is 0 Å². The van der Waals surface area contributed by atoms with Gasteiger partial charge in [-0.1, -0.05) is 6.07 Å². The number of hydrogen-bond donors (Lipinski definition) is 0.